The highest BCUT2D eigenvalue weighted by Gasteiger charge is 2.44. The van der Waals surface area contributed by atoms with Gasteiger partial charge in [0.2, 0.25) is 5.95 Å². The van der Waals surface area contributed by atoms with Crippen molar-refractivity contribution in [1.82, 2.24) is 19.5 Å². The van der Waals surface area contributed by atoms with Gasteiger partial charge in [-0.1, -0.05) is 42.1 Å². The number of imidazole rings is 1. The lowest BCUT2D eigenvalue weighted by Gasteiger charge is -2.16. The molecule has 0 aliphatic carbocycles. The van der Waals surface area contributed by atoms with Crippen molar-refractivity contribution in [3.63, 3.8) is 0 Å². The van der Waals surface area contributed by atoms with Gasteiger partial charge in [0.15, 0.2) is 11.9 Å². The highest BCUT2D eigenvalue weighted by Crippen LogP contribution is 2.34. The molecule has 148 valence electrons. The highest BCUT2D eigenvalue weighted by atomic mass is 32.2. The normalized spacial score (nSPS) is 24.7. The molecule has 0 bridgehead atoms. The molecule has 1 aliphatic heterocycles. The first kappa shape index (κ1) is 19.1. The lowest BCUT2D eigenvalue weighted by atomic mass is 10.1. The van der Waals surface area contributed by atoms with E-state index in [9.17, 15) is 20.5 Å². The maximum atomic E-state index is 10.3. The summed E-state index contributed by atoms with van der Waals surface area (Å²) in [5.74, 6) is 0.606. The Kier molecular flexibility index (Phi) is 5.44. The number of thioether (sulfide) groups is 1. The highest BCUT2D eigenvalue weighted by molar-refractivity contribution is 7.98. The van der Waals surface area contributed by atoms with Crippen LogP contribution in [0.25, 0.3) is 11.2 Å². The summed E-state index contributed by atoms with van der Waals surface area (Å²) in [4.78, 5) is 12.8. The molecule has 1 fully saturated rings. The monoisotopic (exact) mass is 405 g/mol. The summed E-state index contributed by atoms with van der Waals surface area (Å²) < 4.78 is 7.01. The molecule has 4 atom stereocenters. The molecule has 10 nitrogen and oxygen atoms in total. The van der Waals surface area contributed by atoms with Crippen LogP contribution in [0.3, 0.4) is 0 Å². The average molecular weight is 405 g/mol. The van der Waals surface area contributed by atoms with Crippen LogP contribution in [-0.2, 0) is 10.5 Å². The molecule has 0 spiro atoms. The van der Waals surface area contributed by atoms with Gasteiger partial charge in [-0.25, -0.2) is 15.4 Å². The maximum absolute atomic E-state index is 10.3. The van der Waals surface area contributed by atoms with E-state index in [1.54, 1.807) is 0 Å². The Morgan fingerprint density at radius 1 is 1.14 bits per heavy atom. The van der Waals surface area contributed by atoms with Crippen LogP contribution in [0.5, 0.6) is 0 Å². The smallest absolute Gasteiger partial charge is 0.250 e. The van der Waals surface area contributed by atoms with E-state index < -0.39 is 31.1 Å². The largest absolute Gasteiger partial charge is 0.394 e. The number of nitrogens with one attached hydrogen (secondary N) is 1. The van der Waals surface area contributed by atoms with Crippen molar-refractivity contribution in [3.05, 3.63) is 42.2 Å². The molecule has 0 amide bonds. The van der Waals surface area contributed by atoms with E-state index in [-0.39, 0.29) is 5.95 Å². The molecular weight excluding hydrogens is 386 g/mol. The number of aliphatic hydroxyl groups is 3. The number of nitrogens with zero attached hydrogens (tertiary/aromatic N) is 4. The minimum absolute atomic E-state index is 0.0310. The molecular formula is C17H19N5O5S. The molecule has 5 N–H and O–H groups in total. The molecule has 28 heavy (non-hydrogen) atoms. The third-order valence-electron chi connectivity index (χ3n) is 4.50. The van der Waals surface area contributed by atoms with E-state index in [0.29, 0.717) is 21.9 Å². The quantitative estimate of drug-likeness (QED) is 0.224. The third kappa shape index (κ3) is 3.43. The second-order valence-electron chi connectivity index (χ2n) is 6.29. The zero-order valence-electron chi connectivity index (χ0n) is 14.6. The van der Waals surface area contributed by atoms with E-state index in [4.69, 9.17) is 4.74 Å². The summed E-state index contributed by atoms with van der Waals surface area (Å²) in [6, 6.07) is 9.82. The van der Waals surface area contributed by atoms with Gasteiger partial charge in [-0.2, -0.15) is 4.98 Å². The van der Waals surface area contributed by atoms with Gasteiger partial charge in [0, 0.05) is 5.75 Å². The number of ether oxygens (including phenoxy) is 1. The standard InChI is InChI=1S/C17H19N5O5S/c23-6-10-12(24)13(25)16(27-10)22-8-18-11-14(22)19-17(21-26)20-15(11)28-7-9-4-2-1-3-5-9/h1-5,8,10,12-13,16,23-26H,6-7H2,(H,19,20,21)/t10-,12+,13+,16-/m0/s1. The minimum Gasteiger partial charge on any atom is -0.394 e. The number of rotatable bonds is 6. The van der Waals surface area contributed by atoms with Crippen molar-refractivity contribution in [2.24, 2.45) is 0 Å². The van der Waals surface area contributed by atoms with Gasteiger partial charge in [0.1, 0.15) is 28.9 Å². The van der Waals surface area contributed by atoms with E-state index in [0.717, 1.165) is 5.56 Å². The summed E-state index contributed by atoms with van der Waals surface area (Å²) in [6.07, 6.45) is -2.98. The van der Waals surface area contributed by atoms with Crippen LogP contribution >= 0.6 is 11.8 Å². The predicted molar refractivity (Wildman–Crippen MR) is 99.7 cm³/mol. The lowest BCUT2D eigenvalue weighted by Crippen LogP contribution is -2.33. The lowest BCUT2D eigenvalue weighted by molar-refractivity contribution is -0.0511. The van der Waals surface area contributed by atoms with Crippen LogP contribution in [0.1, 0.15) is 11.8 Å². The van der Waals surface area contributed by atoms with Gasteiger partial charge in [-0.15, -0.1) is 0 Å². The van der Waals surface area contributed by atoms with Crippen molar-refractivity contribution in [2.45, 2.75) is 35.3 Å². The number of hydrogen-bond donors (Lipinski definition) is 5. The zero-order chi connectivity index (χ0) is 19.7. The van der Waals surface area contributed by atoms with Crippen molar-refractivity contribution < 1.29 is 25.3 Å². The fourth-order valence-electron chi connectivity index (χ4n) is 3.06. The topological polar surface area (TPSA) is 146 Å². The Morgan fingerprint density at radius 3 is 2.61 bits per heavy atom. The summed E-state index contributed by atoms with van der Waals surface area (Å²) in [6.45, 7) is -0.433. The second-order valence-corrected chi connectivity index (χ2v) is 7.26. The summed E-state index contributed by atoms with van der Waals surface area (Å²) in [5, 5.41) is 39.4. The molecule has 0 saturated carbocycles. The number of aromatic nitrogens is 4. The van der Waals surface area contributed by atoms with Crippen LogP contribution in [-0.4, -0.2) is 65.0 Å². The second kappa shape index (κ2) is 7.99. The fraction of sp³-hybridized carbons (Fsp3) is 0.353. The Hall–Kier alpha value is -2.28. The van der Waals surface area contributed by atoms with Crippen molar-refractivity contribution >= 4 is 28.9 Å². The van der Waals surface area contributed by atoms with Gasteiger partial charge in [0.05, 0.1) is 12.9 Å². The van der Waals surface area contributed by atoms with Gasteiger partial charge in [-0.3, -0.25) is 9.77 Å². The molecule has 0 radical (unpaired) electrons. The molecule has 3 heterocycles. The SMILES string of the molecule is OC[C@@H]1O[C@H](n2cnc3c(SCc4ccccc4)nc(NO)nc32)[C@H](O)[C@@H]1O. The zero-order valence-corrected chi connectivity index (χ0v) is 15.4. The Labute approximate surface area is 163 Å². The minimum atomic E-state index is -1.27. The fourth-order valence-corrected chi connectivity index (χ4v) is 3.99. The predicted octanol–water partition coefficient (Wildman–Crippen LogP) is 0.531. The van der Waals surface area contributed by atoms with Gasteiger partial charge < -0.3 is 20.1 Å². The maximum Gasteiger partial charge on any atom is 0.250 e. The van der Waals surface area contributed by atoms with E-state index in [1.807, 2.05) is 35.8 Å². The first-order chi connectivity index (χ1) is 13.6. The molecule has 11 heteroatoms. The molecule has 1 aromatic carbocycles. The van der Waals surface area contributed by atoms with Gasteiger partial charge in [-0.05, 0) is 5.56 Å². The number of hydrogen-bond acceptors (Lipinski definition) is 10. The van der Waals surface area contributed by atoms with E-state index in [1.165, 1.54) is 22.7 Å². The number of fused-ring (bicyclic) bond motifs is 1. The summed E-state index contributed by atoms with van der Waals surface area (Å²) in [5.41, 5.74) is 3.82. The molecule has 3 aromatic rings. The van der Waals surface area contributed by atoms with Crippen LogP contribution in [0.4, 0.5) is 5.95 Å². The van der Waals surface area contributed by atoms with E-state index in [2.05, 4.69) is 15.0 Å². The number of anilines is 1. The Bertz CT molecular complexity index is 956. The van der Waals surface area contributed by atoms with Crippen LogP contribution in [0.15, 0.2) is 41.7 Å². The Balaban J connectivity index is 1.69. The molecule has 2 aromatic heterocycles. The van der Waals surface area contributed by atoms with Crippen molar-refractivity contribution in [1.29, 1.82) is 0 Å². The summed E-state index contributed by atoms with van der Waals surface area (Å²) >= 11 is 1.42. The Morgan fingerprint density at radius 2 is 1.93 bits per heavy atom. The van der Waals surface area contributed by atoms with Gasteiger partial charge >= 0.3 is 0 Å². The first-order valence-electron chi connectivity index (χ1n) is 8.56. The molecule has 0 unspecified atom stereocenters. The molecule has 1 aliphatic rings. The van der Waals surface area contributed by atoms with Crippen LogP contribution in [0, 0.1) is 0 Å². The van der Waals surface area contributed by atoms with Crippen LogP contribution < -0.4 is 5.48 Å². The van der Waals surface area contributed by atoms with Crippen LogP contribution in [0.2, 0.25) is 0 Å². The van der Waals surface area contributed by atoms with E-state index >= 15 is 0 Å². The third-order valence-corrected chi connectivity index (χ3v) is 5.53. The van der Waals surface area contributed by atoms with Crippen molar-refractivity contribution in [3.8, 4) is 0 Å². The number of benzene rings is 1. The molecule has 4 rings (SSSR count). The summed E-state index contributed by atoms with van der Waals surface area (Å²) in [7, 11) is 0. The average Bonchev–Trinajstić information content (AvgIpc) is 3.28. The number of aliphatic hydroxyl groups excluding tert-OH is 3. The molecule has 1 saturated heterocycles. The van der Waals surface area contributed by atoms with Gasteiger partial charge in [0.25, 0.3) is 0 Å². The van der Waals surface area contributed by atoms with Crippen molar-refractivity contribution in [2.75, 3.05) is 12.1 Å². The first-order valence-corrected chi connectivity index (χ1v) is 9.54.